The molecule has 2 aliphatic carbocycles. The molecule has 1 heterocycles. The van der Waals surface area contributed by atoms with Gasteiger partial charge in [0.15, 0.2) is 11.5 Å². The van der Waals surface area contributed by atoms with Crippen LogP contribution in [0.5, 0.6) is 0 Å². The van der Waals surface area contributed by atoms with E-state index >= 15 is 0 Å². The van der Waals surface area contributed by atoms with Gasteiger partial charge in [-0.1, -0.05) is 18.9 Å². The fourth-order valence-electron chi connectivity index (χ4n) is 4.77. The van der Waals surface area contributed by atoms with Gasteiger partial charge in [-0.05, 0) is 38.3 Å². The molecule has 6 heteroatoms. The average Bonchev–Trinajstić information content (AvgIpc) is 3.26. The lowest BCUT2D eigenvalue weighted by Gasteiger charge is -2.30. The van der Waals surface area contributed by atoms with Crippen molar-refractivity contribution in [3.8, 4) is 0 Å². The number of nitrogens with one attached hydrogen (secondary N) is 1. The third kappa shape index (κ3) is 3.05. The van der Waals surface area contributed by atoms with Gasteiger partial charge in [0, 0.05) is 35.9 Å². The number of aryl methyl sites for hydroxylation is 1. The zero-order valence-corrected chi connectivity index (χ0v) is 15.9. The number of furan rings is 1. The lowest BCUT2D eigenvalue weighted by atomic mass is 9.78. The smallest absolute Gasteiger partial charge is 0.287 e. The van der Waals surface area contributed by atoms with Crippen LogP contribution in [-0.2, 0) is 11.8 Å². The molecule has 0 unspecified atom stereocenters. The normalized spacial score (nSPS) is 18.2. The quantitative estimate of drug-likeness (QED) is 0.832. The summed E-state index contributed by atoms with van der Waals surface area (Å²) in [5.41, 5.74) is 0.362. The topological polar surface area (TPSA) is 59.3 Å². The van der Waals surface area contributed by atoms with Gasteiger partial charge < -0.3 is 9.73 Å². The van der Waals surface area contributed by atoms with Crippen LogP contribution in [0.25, 0.3) is 0 Å². The van der Waals surface area contributed by atoms with Crippen molar-refractivity contribution in [1.29, 1.82) is 0 Å². The maximum atomic E-state index is 14.4. The molecule has 1 aromatic heterocycles. The van der Waals surface area contributed by atoms with Crippen LogP contribution in [0.2, 0.25) is 0 Å². The van der Waals surface area contributed by atoms with Gasteiger partial charge in [0.25, 0.3) is 5.91 Å². The van der Waals surface area contributed by atoms with Crippen LogP contribution in [0.4, 0.5) is 8.78 Å². The Balaban J connectivity index is 1.59. The third-order valence-corrected chi connectivity index (χ3v) is 6.15. The summed E-state index contributed by atoms with van der Waals surface area (Å²) in [4.78, 5) is 24.9. The number of benzene rings is 1. The van der Waals surface area contributed by atoms with Crippen LogP contribution >= 0.6 is 0 Å². The average molecular weight is 387 g/mol. The lowest BCUT2D eigenvalue weighted by Crippen LogP contribution is -2.40. The number of amides is 1. The fourth-order valence-corrected chi connectivity index (χ4v) is 4.77. The molecule has 0 saturated heterocycles. The van der Waals surface area contributed by atoms with E-state index in [1.807, 2.05) is 0 Å². The van der Waals surface area contributed by atoms with E-state index in [2.05, 4.69) is 5.32 Å². The first kappa shape index (κ1) is 18.8. The summed E-state index contributed by atoms with van der Waals surface area (Å²) in [7, 11) is 0. The minimum absolute atomic E-state index is 0.00207. The number of rotatable bonds is 4. The maximum Gasteiger partial charge on any atom is 0.287 e. The molecule has 0 spiro atoms. The van der Waals surface area contributed by atoms with Crippen LogP contribution in [0.15, 0.2) is 22.6 Å². The second kappa shape index (κ2) is 7.15. The number of Topliss-reactive ketones (excluding diaryl/α,β-unsaturated/α-hetero) is 1. The summed E-state index contributed by atoms with van der Waals surface area (Å²) < 4.78 is 34.6. The van der Waals surface area contributed by atoms with E-state index in [0.717, 1.165) is 19.3 Å². The number of hydrogen-bond acceptors (Lipinski definition) is 3. The molecule has 148 valence electrons. The summed E-state index contributed by atoms with van der Waals surface area (Å²) >= 11 is 0. The molecule has 1 fully saturated rings. The van der Waals surface area contributed by atoms with E-state index in [0.29, 0.717) is 42.6 Å². The first-order valence-electron chi connectivity index (χ1n) is 9.81. The van der Waals surface area contributed by atoms with E-state index in [4.69, 9.17) is 4.42 Å². The number of carbonyl (C=O) groups is 2. The molecule has 1 aromatic carbocycles. The van der Waals surface area contributed by atoms with Crippen molar-refractivity contribution in [2.24, 2.45) is 0 Å². The van der Waals surface area contributed by atoms with Gasteiger partial charge in [-0.2, -0.15) is 0 Å². The van der Waals surface area contributed by atoms with Crippen LogP contribution in [-0.4, -0.2) is 18.2 Å². The van der Waals surface area contributed by atoms with Gasteiger partial charge in [-0.15, -0.1) is 0 Å². The first-order valence-corrected chi connectivity index (χ1v) is 9.81. The Hall–Kier alpha value is -2.50. The molecule has 28 heavy (non-hydrogen) atoms. The van der Waals surface area contributed by atoms with E-state index in [9.17, 15) is 18.4 Å². The van der Waals surface area contributed by atoms with E-state index in [1.165, 1.54) is 18.2 Å². The van der Waals surface area contributed by atoms with Crippen LogP contribution < -0.4 is 5.32 Å². The van der Waals surface area contributed by atoms with Crippen molar-refractivity contribution >= 4 is 11.7 Å². The molecule has 1 saturated carbocycles. The maximum absolute atomic E-state index is 14.4. The molecule has 0 atom stereocenters. The highest BCUT2D eigenvalue weighted by molar-refractivity contribution is 6.03. The number of halogens is 2. The van der Waals surface area contributed by atoms with E-state index < -0.39 is 23.0 Å². The third-order valence-electron chi connectivity index (χ3n) is 6.15. The molecule has 2 aromatic rings. The molecule has 0 aliphatic heterocycles. The molecule has 4 nitrogen and oxygen atoms in total. The summed E-state index contributed by atoms with van der Waals surface area (Å²) in [6.45, 7) is 1.84. The van der Waals surface area contributed by atoms with Crippen molar-refractivity contribution in [1.82, 2.24) is 5.32 Å². The minimum Gasteiger partial charge on any atom is -0.455 e. The standard InChI is InChI=1S/C22H23F2NO3/c1-13-18-16(26)8-5-9-17(18)28-20(13)21(27)25-12-22(10-2-3-11-22)19-14(23)6-4-7-15(19)24/h4,6-7H,2-3,5,8-12H2,1H3,(H,25,27). The Bertz CT molecular complexity index is 921. The largest absolute Gasteiger partial charge is 0.455 e. The van der Waals surface area contributed by atoms with Gasteiger partial charge in [-0.25, -0.2) is 8.78 Å². The van der Waals surface area contributed by atoms with Gasteiger partial charge in [0.2, 0.25) is 0 Å². The number of hydrogen-bond donors (Lipinski definition) is 1. The Morgan fingerprint density at radius 1 is 1.14 bits per heavy atom. The summed E-state index contributed by atoms with van der Waals surface area (Å²) in [6, 6.07) is 3.87. The van der Waals surface area contributed by atoms with Gasteiger partial charge in [-0.3, -0.25) is 9.59 Å². The number of carbonyl (C=O) groups excluding carboxylic acids is 2. The van der Waals surface area contributed by atoms with Crippen molar-refractivity contribution in [2.75, 3.05) is 6.54 Å². The SMILES string of the molecule is Cc1c(C(=O)NCC2(c3c(F)cccc3F)CCCC2)oc2c1C(=O)CCC2. The molecule has 4 rings (SSSR count). The molecule has 0 radical (unpaired) electrons. The predicted octanol–water partition coefficient (Wildman–Crippen LogP) is 4.63. The molecule has 1 amide bonds. The van der Waals surface area contributed by atoms with Crippen LogP contribution in [0.1, 0.15) is 76.3 Å². The minimum atomic E-state index is -0.763. The highest BCUT2D eigenvalue weighted by Crippen LogP contribution is 2.43. The Morgan fingerprint density at radius 3 is 2.46 bits per heavy atom. The highest BCUT2D eigenvalue weighted by Gasteiger charge is 2.40. The molecule has 2 aliphatic rings. The van der Waals surface area contributed by atoms with Crippen molar-refractivity contribution in [3.05, 3.63) is 58.0 Å². The monoisotopic (exact) mass is 387 g/mol. The Kier molecular flexibility index (Phi) is 4.81. The van der Waals surface area contributed by atoms with E-state index in [-0.39, 0.29) is 23.7 Å². The van der Waals surface area contributed by atoms with Crippen LogP contribution in [0, 0.1) is 18.6 Å². The summed E-state index contributed by atoms with van der Waals surface area (Å²) in [5.74, 6) is -0.903. The van der Waals surface area contributed by atoms with Gasteiger partial charge in [0.05, 0.1) is 5.56 Å². The molecular formula is C22H23F2NO3. The van der Waals surface area contributed by atoms with Gasteiger partial charge in [0.1, 0.15) is 17.4 Å². The summed E-state index contributed by atoms with van der Waals surface area (Å²) in [6.07, 6.45) is 4.74. The van der Waals surface area contributed by atoms with E-state index in [1.54, 1.807) is 6.92 Å². The fraction of sp³-hybridized carbons (Fsp3) is 0.455. The zero-order valence-electron chi connectivity index (χ0n) is 15.9. The first-order chi connectivity index (χ1) is 13.4. The molecule has 0 bridgehead atoms. The molecular weight excluding hydrogens is 364 g/mol. The zero-order chi connectivity index (χ0) is 19.9. The second-order valence-corrected chi connectivity index (χ2v) is 7.90. The van der Waals surface area contributed by atoms with Crippen LogP contribution in [0.3, 0.4) is 0 Å². The van der Waals surface area contributed by atoms with Gasteiger partial charge >= 0.3 is 0 Å². The molecule has 1 N–H and O–H groups in total. The van der Waals surface area contributed by atoms with Crippen molar-refractivity contribution < 1.29 is 22.8 Å². The summed E-state index contributed by atoms with van der Waals surface area (Å²) in [5, 5.41) is 2.82. The number of ketones is 1. The highest BCUT2D eigenvalue weighted by atomic mass is 19.1. The lowest BCUT2D eigenvalue weighted by molar-refractivity contribution is 0.0908. The predicted molar refractivity (Wildman–Crippen MR) is 99.6 cm³/mol. The van der Waals surface area contributed by atoms with Crippen molar-refractivity contribution in [3.63, 3.8) is 0 Å². The van der Waals surface area contributed by atoms with Crippen molar-refractivity contribution in [2.45, 2.75) is 57.3 Å². The number of fused-ring (bicyclic) bond motifs is 1. The Labute approximate surface area is 162 Å². The Morgan fingerprint density at radius 2 is 1.82 bits per heavy atom. The second-order valence-electron chi connectivity index (χ2n) is 7.90.